The maximum absolute atomic E-state index is 12.9. The Morgan fingerprint density at radius 3 is 2.33 bits per heavy atom. The van der Waals surface area contributed by atoms with Gasteiger partial charge in [-0.1, -0.05) is 30.3 Å². The quantitative estimate of drug-likeness (QED) is 0.584. The van der Waals surface area contributed by atoms with Crippen LogP contribution in [0, 0.1) is 0 Å². The molecule has 10 heteroatoms. The lowest BCUT2D eigenvalue weighted by atomic mass is 10.2. The number of rotatable bonds is 4. The molecule has 0 N–H and O–H groups in total. The highest BCUT2D eigenvalue weighted by atomic mass is 16.6. The second-order valence-corrected chi connectivity index (χ2v) is 7.77. The van der Waals surface area contributed by atoms with Gasteiger partial charge in [0, 0.05) is 31.7 Å². The van der Waals surface area contributed by atoms with Crippen molar-refractivity contribution in [2.45, 2.75) is 12.6 Å². The summed E-state index contributed by atoms with van der Waals surface area (Å²) in [4.78, 5) is 41.0. The molecule has 0 radical (unpaired) electrons. The molecule has 10 nitrogen and oxygen atoms in total. The van der Waals surface area contributed by atoms with E-state index in [2.05, 4.69) is 5.10 Å². The van der Waals surface area contributed by atoms with Crippen LogP contribution >= 0.6 is 0 Å². The number of nitrogens with zero attached hydrogens (tertiary/aromatic N) is 4. The van der Waals surface area contributed by atoms with E-state index in [0.29, 0.717) is 43.2 Å². The predicted octanol–water partition coefficient (Wildman–Crippen LogP) is 1.01. The van der Waals surface area contributed by atoms with Gasteiger partial charge < -0.3 is 23.7 Å². The van der Waals surface area contributed by atoms with Crippen LogP contribution in [-0.2, 0) is 16.1 Å². The van der Waals surface area contributed by atoms with Gasteiger partial charge in [0.2, 0.25) is 17.9 Å². The number of fused-ring (bicyclic) bond motifs is 1. The van der Waals surface area contributed by atoms with Crippen molar-refractivity contribution in [1.82, 2.24) is 19.6 Å². The van der Waals surface area contributed by atoms with Gasteiger partial charge in [-0.25, -0.2) is 4.79 Å². The Bertz CT molecular complexity index is 1210. The molecule has 1 fully saturated rings. The Balaban J connectivity index is 1.16. The van der Waals surface area contributed by atoms with Gasteiger partial charge in [-0.3, -0.25) is 9.59 Å². The average Bonchev–Trinajstić information content (AvgIpc) is 3.24. The zero-order chi connectivity index (χ0) is 22.8. The molecule has 1 aromatic heterocycles. The molecule has 0 aliphatic carbocycles. The van der Waals surface area contributed by atoms with Crippen molar-refractivity contribution in [3.8, 4) is 23.0 Å². The molecule has 5 rings (SSSR count). The summed E-state index contributed by atoms with van der Waals surface area (Å²) in [5.41, 5.74) is 0.657. The van der Waals surface area contributed by atoms with E-state index in [1.807, 2.05) is 30.3 Å². The molecule has 0 bridgehead atoms. The number of carbonyl (C=O) groups is 2. The second kappa shape index (κ2) is 8.81. The van der Waals surface area contributed by atoms with E-state index >= 15 is 0 Å². The van der Waals surface area contributed by atoms with E-state index in [4.69, 9.17) is 13.9 Å². The summed E-state index contributed by atoms with van der Waals surface area (Å²) in [5.74, 6) is 0.213. The fourth-order valence-electron chi connectivity index (χ4n) is 3.85. The highest BCUT2D eigenvalue weighted by molar-refractivity contribution is 5.82. The van der Waals surface area contributed by atoms with Crippen LogP contribution in [0.25, 0.3) is 11.5 Å². The molecule has 1 saturated heterocycles. The van der Waals surface area contributed by atoms with Crippen molar-refractivity contribution >= 4 is 11.8 Å². The first-order valence-electron chi connectivity index (χ1n) is 10.7. The SMILES string of the molecule is O=C(Cn1nc(-c2ccccc2)oc1=O)N1CCN(C(=O)C2COc3ccccc3O2)CC1. The first kappa shape index (κ1) is 20.8. The highest BCUT2D eigenvalue weighted by Gasteiger charge is 2.33. The van der Waals surface area contributed by atoms with E-state index in [1.165, 1.54) is 0 Å². The van der Waals surface area contributed by atoms with Crippen molar-refractivity contribution < 1.29 is 23.5 Å². The standard InChI is InChI=1S/C23H22N4O6/c28-20(14-27-23(30)33-21(24-27)16-6-2-1-3-7-16)25-10-12-26(13-11-25)22(29)19-15-31-17-8-4-5-9-18(17)32-19/h1-9,19H,10-15H2. The van der Waals surface area contributed by atoms with Crippen molar-refractivity contribution in [1.29, 1.82) is 0 Å². The Morgan fingerprint density at radius 1 is 0.909 bits per heavy atom. The zero-order valence-corrected chi connectivity index (χ0v) is 17.8. The number of benzene rings is 2. The maximum atomic E-state index is 12.9. The van der Waals surface area contributed by atoms with Crippen LogP contribution in [-0.4, -0.2) is 70.3 Å². The molecule has 2 aromatic carbocycles. The summed E-state index contributed by atoms with van der Waals surface area (Å²) < 4.78 is 17.6. The summed E-state index contributed by atoms with van der Waals surface area (Å²) in [6.07, 6.45) is -0.715. The Hall–Kier alpha value is -4.08. The maximum Gasteiger partial charge on any atom is 0.437 e. The number of hydrogen-bond acceptors (Lipinski definition) is 7. The van der Waals surface area contributed by atoms with Gasteiger partial charge in [0.25, 0.3) is 5.91 Å². The van der Waals surface area contributed by atoms with Gasteiger partial charge in [0.05, 0.1) is 0 Å². The molecule has 1 unspecified atom stereocenters. The molecule has 1 atom stereocenters. The monoisotopic (exact) mass is 450 g/mol. The van der Waals surface area contributed by atoms with E-state index in [-0.39, 0.29) is 30.9 Å². The Morgan fingerprint density at radius 2 is 1.58 bits per heavy atom. The number of amides is 2. The number of piperazine rings is 1. The van der Waals surface area contributed by atoms with Crippen LogP contribution in [0.5, 0.6) is 11.5 Å². The Labute approximate surface area is 188 Å². The van der Waals surface area contributed by atoms with Gasteiger partial charge in [-0.2, -0.15) is 4.68 Å². The molecule has 3 heterocycles. The number of para-hydroxylation sites is 2. The normalized spacial score (nSPS) is 17.6. The van der Waals surface area contributed by atoms with Crippen LogP contribution in [0.4, 0.5) is 0 Å². The molecule has 2 amide bonds. The van der Waals surface area contributed by atoms with Gasteiger partial charge in [0.15, 0.2) is 11.5 Å². The zero-order valence-electron chi connectivity index (χ0n) is 17.8. The van der Waals surface area contributed by atoms with Crippen LogP contribution in [0.1, 0.15) is 0 Å². The summed E-state index contributed by atoms with van der Waals surface area (Å²) in [7, 11) is 0. The number of hydrogen-bond donors (Lipinski definition) is 0. The lowest BCUT2D eigenvalue weighted by Crippen LogP contribution is -2.55. The van der Waals surface area contributed by atoms with Crippen molar-refractivity contribution in [2.75, 3.05) is 32.8 Å². The molecule has 33 heavy (non-hydrogen) atoms. The van der Waals surface area contributed by atoms with Crippen molar-refractivity contribution in [3.63, 3.8) is 0 Å². The van der Waals surface area contributed by atoms with Crippen molar-refractivity contribution in [2.24, 2.45) is 0 Å². The third-order valence-corrected chi connectivity index (χ3v) is 5.64. The summed E-state index contributed by atoms with van der Waals surface area (Å²) in [6, 6.07) is 16.2. The Kier molecular flexibility index (Phi) is 5.55. The molecule has 3 aromatic rings. The van der Waals surface area contributed by atoms with E-state index in [1.54, 1.807) is 34.1 Å². The smallest absolute Gasteiger partial charge is 0.437 e. The first-order valence-corrected chi connectivity index (χ1v) is 10.7. The first-order chi connectivity index (χ1) is 16.1. The number of aromatic nitrogens is 2. The lowest BCUT2D eigenvalue weighted by Gasteiger charge is -2.37. The van der Waals surface area contributed by atoms with Crippen LogP contribution in [0.2, 0.25) is 0 Å². The fraction of sp³-hybridized carbons (Fsp3) is 0.304. The summed E-state index contributed by atoms with van der Waals surface area (Å²) in [5, 5.41) is 4.13. The molecule has 170 valence electrons. The minimum atomic E-state index is -0.715. The number of carbonyl (C=O) groups excluding carboxylic acids is 2. The third-order valence-electron chi connectivity index (χ3n) is 5.64. The summed E-state index contributed by atoms with van der Waals surface area (Å²) >= 11 is 0. The van der Waals surface area contributed by atoms with Gasteiger partial charge in [-0.15, -0.1) is 5.10 Å². The number of ether oxygens (including phenoxy) is 2. The van der Waals surface area contributed by atoms with Crippen LogP contribution in [0.3, 0.4) is 0 Å². The van der Waals surface area contributed by atoms with Crippen LogP contribution in [0.15, 0.2) is 63.8 Å². The van der Waals surface area contributed by atoms with Gasteiger partial charge in [-0.05, 0) is 24.3 Å². The van der Waals surface area contributed by atoms with E-state index in [0.717, 1.165) is 4.68 Å². The highest BCUT2D eigenvalue weighted by Crippen LogP contribution is 2.31. The van der Waals surface area contributed by atoms with Crippen LogP contribution < -0.4 is 15.2 Å². The lowest BCUT2D eigenvalue weighted by molar-refractivity contribution is -0.146. The topological polar surface area (TPSA) is 107 Å². The van der Waals surface area contributed by atoms with E-state index < -0.39 is 11.9 Å². The molecular weight excluding hydrogens is 428 g/mol. The van der Waals surface area contributed by atoms with Gasteiger partial charge >= 0.3 is 5.76 Å². The molecule has 2 aliphatic heterocycles. The molecular formula is C23H22N4O6. The summed E-state index contributed by atoms with van der Waals surface area (Å²) in [6.45, 7) is 1.37. The van der Waals surface area contributed by atoms with Gasteiger partial charge in [0.1, 0.15) is 13.2 Å². The molecule has 0 spiro atoms. The van der Waals surface area contributed by atoms with Crippen molar-refractivity contribution in [3.05, 3.63) is 65.1 Å². The van der Waals surface area contributed by atoms with E-state index in [9.17, 15) is 14.4 Å². The minimum Gasteiger partial charge on any atom is -0.485 e. The third kappa shape index (κ3) is 4.32. The predicted molar refractivity (Wildman–Crippen MR) is 116 cm³/mol. The molecule has 2 aliphatic rings. The fourth-order valence-corrected chi connectivity index (χ4v) is 3.85. The molecule has 0 saturated carbocycles. The minimum absolute atomic E-state index is 0.147. The second-order valence-electron chi connectivity index (χ2n) is 7.77. The average molecular weight is 450 g/mol. The largest absolute Gasteiger partial charge is 0.485 e.